The average Bonchev–Trinajstić information content (AvgIpc) is 2.13. The molecule has 0 aliphatic carbocycles. The van der Waals surface area contributed by atoms with Gasteiger partial charge in [-0.3, -0.25) is 0 Å². The molecule has 1 aromatic rings. The normalized spacial score (nSPS) is 10.8. The molecule has 4 heteroatoms. The zero-order valence-electron chi connectivity index (χ0n) is 9.27. The molecule has 84 valence electrons. The molecule has 0 radical (unpaired) electrons. The zero-order valence-corrected chi connectivity index (χ0v) is 11.6. The lowest BCUT2D eigenvalue weighted by atomic mass is 10.2. The van der Waals surface area contributed by atoms with Crippen LogP contribution < -0.4 is 5.32 Å². The molecule has 2 nitrogen and oxygen atoms in total. The van der Waals surface area contributed by atoms with E-state index in [-0.39, 0.29) is 0 Å². The second kappa shape index (κ2) is 5.73. The number of anilines is 1. The Balaban J connectivity index is 2.65. The first-order chi connectivity index (χ1) is 7.00. The molecule has 1 aromatic carbocycles. The predicted molar refractivity (Wildman–Crippen MR) is 70.9 cm³/mol. The Morgan fingerprint density at radius 1 is 1.40 bits per heavy atom. The minimum Gasteiger partial charge on any atom is -0.383 e. The number of nitrogens with one attached hydrogen (secondary N) is 1. The van der Waals surface area contributed by atoms with Gasteiger partial charge in [0.05, 0.1) is 0 Å². The number of rotatable bonds is 4. The second-order valence-electron chi connectivity index (χ2n) is 3.81. The number of benzene rings is 1. The van der Waals surface area contributed by atoms with Gasteiger partial charge in [0.1, 0.15) is 0 Å². The van der Waals surface area contributed by atoms with E-state index in [0.717, 1.165) is 33.8 Å². The lowest BCUT2D eigenvalue weighted by molar-refractivity contribution is 0.425. The van der Waals surface area contributed by atoms with E-state index in [2.05, 4.69) is 40.2 Å². The van der Waals surface area contributed by atoms with Crippen LogP contribution in [0.1, 0.15) is 5.56 Å². The SMILES string of the molecule is Cc1cc(Br)c(NCCN(C)C)cc1Cl. The molecule has 0 amide bonds. The third kappa shape index (κ3) is 4.01. The van der Waals surface area contributed by atoms with Crippen LogP contribution in [0.25, 0.3) is 0 Å². The average molecular weight is 292 g/mol. The molecule has 15 heavy (non-hydrogen) atoms. The lowest BCUT2D eigenvalue weighted by Crippen LogP contribution is -2.20. The summed E-state index contributed by atoms with van der Waals surface area (Å²) in [4.78, 5) is 2.14. The number of hydrogen-bond acceptors (Lipinski definition) is 2. The number of aryl methyl sites for hydroxylation is 1. The van der Waals surface area contributed by atoms with E-state index in [1.807, 2.05) is 19.1 Å². The van der Waals surface area contributed by atoms with Crippen molar-refractivity contribution in [2.24, 2.45) is 0 Å². The van der Waals surface area contributed by atoms with E-state index >= 15 is 0 Å². The van der Waals surface area contributed by atoms with Crippen molar-refractivity contribution in [3.05, 3.63) is 27.2 Å². The molecule has 0 fully saturated rings. The molecule has 0 spiro atoms. The van der Waals surface area contributed by atoms with Crippen molar-refractivity contribution < 1.29 is 0 Å². The zero-order chi connectivity index (χ0) is 11.4. The van der Waals surface area contributed by atoms with E-state index < -0.39 is 0 Å². The van der Waals surface area contributed by atoms with E-state index in [0.29, 0.717) is 0 Å². The van der Waals surface area contributed by atoms with Gasteiger partial charge in [-0.15, -0.1) is 0 Å². The molecular formula is C11H16BrClN2. The molecule has 0 aliphatic heterocycles. The van der Waals surface area contributed by atoms with Crippen LogP contribution in [0.2, 0.25) is 5.02 Å². The summed E-state index contributed by atoms with van der Waals surface area (Å²) < 4.78 is 1.06. The molecular weight excluding hydrogens is 275 g/mol. The maximum absolute atomic E-state index is 6.06. The predicted octanol–water partition coefficient (Wildman–Crippen LogP) is 3.38. The highest BCUT2D eigenvalue weighted by Crippen LogP contribution is 2.28. The van der Waals surface area contributed by atoms with Crippen molar-refractivity contribution in [3.63, 3.8) is 0 Å². The standard InChI is InChI=1S/C11H16BrClN2/c1-8-6-9(12)11(7-10(8)13)14-4-5-15(2)3/h6-7,14H,4-5H2,1-3H3. The van der Waals surface area contributed by atoms with Crippen molar-refractivity contribution in [1.82, 2.24) is 4.90 Å². The van der Waals surface area contributed by atoms with Gasteiger partial charge in [0.25, 0.3) is 0 Å². The first kappa shape index (κ1) is 12.8. The fourth-order valence-corrected chi connectivity index (χ4v) is 1.96. The van der Waals surface area contributed by atoms with E-state index in [1.165, 1.54) is 0 Å². The molecule has 1 N–H and O–H groups in total. The van der Waals surface area contributed by atoms with Gasteiger partial charge in [-0.05, 0) is 54.6 Å². The summed E-state index contributed by atoms with van der Waals surface area (Å²) in [5.41, 5.74) is 2.13. The Morgan fingerprint density at radius 3 is 2.67 bits per heavy atom. The highest BCUT2D eigenvalue weighted by Gasteiger charge is 2.03. The quantitative estimate of drug-likeness (QED) is 0.915. The highest BCUT2D eigenvalue weighted by molar-refractivity contribution is 9.10. The largest absolute Gasteiger partial charge is 0.383 e. The Bertz CT molecular complexity index is 340. The smallest absolute Gasteiger partial charge is 0.0500 e. The van der Waals surface area contributed by atoms with Crippen LogP contribution in [0.4, 0.5) is 5.69 Å². The molecule has 0 aromatic heterocycles. The van der Waals surface area contributed by atoms with Gasteiger partial charge in [0.2, 0.25) is 0 Å². The Kier molecular flexibility index (Phi) is 4.90. The summed E-state index contributed by atoms with van der Waals surface area (Å²) in [6.07, 6.45) is 0. The maximum atomic E-state index is 6.06. The van der Waals surface area contributed by atoms with Crippen molar-refractivity contribution in [1.29, 1.82) is 0 Å². The molecule has 0 atom stereocenters. The van der Waals surface area contributed by atoms with Crippen molar-refractivity contribution in [3.8, 4) is 0 Å². The highest BCUT2D eigenvalue weighted by atomic mass is 79.9. The molecule has 0 saturated heterocycles. The third-order valence-electron chi connectivity index (χ3n) is 2.12. The van der Waals surface area contributed by atoms with Crippen LogP contribution >= 0.6 is 27.5 Å². The summed E-state index contributed by atoms with van der Waals surface area (Å²) in [7, 11) is 4.11. The number of likely N-dealkylation sites (N-methyl/N-ethyl adjacent to an activating group) is 1. The molecule has 0 bridgehead atoms. The summed E-state index contributed by atoms with van der Waals surface area (Å²) in [6, 6.07) is 3.98. The van der Waals surface area contributed by atoms with Crippen LogP contribution in [0.15, 0.2) is 16.6 Å². The Morgan fingerprint density at radius 2 is 2.07 bits per heavy atom. The van der Waals surface area contributed by atoms with Crippen molar-refractivity contribution in [2.75, 3.05) is 32.5 Å². The first-order valence-corrected chi connectivity index (χ1v) is 6.02. The van der Waals surface area contributed by atoms with Crippen molar-refractivity contribution in [2.45, 2.75) is 6.92 Å². The molecule has 0 unspecified atom stereocenters. The molecule has 0 saturated carbocycles. The first-order valence-electron chi connectivity index (χ1n) is 4.85. The van der Waals surface area contributed by atoms with Gasteiger partial charge in [0, 0.05) is 28.3 Å². The van der Waals surface area contributed by atoms with E-state index in [9.17, 15) is 0 Å². The van der Waals surface area contributed by atoms with E-state index in [1.54, 1.807) is 0 Å². The number of hydrogen-bond donors (Lipinski definition) is 1. The van der Waals surface area contributed by atoms with Gasteiger partial charge in [0.15, 0.2) is 0 Å². The van der Waals surface area contributed by atoms with Gasteiger partial charge >= 0.3 is 0 Å². The number of halogens is 2. The molecule has 0 aliphatic rings. The van der Waals surface area contributed by atoms with Crippen LogP contribution in [0.5, 0.6) is 0 Å². The Labute approximate surface area is 105 Å². The van der Waals surface area contributed by atoms with Crippen molar-refractivity contribution >= 4 is 33.2 Å². The lowest BCUT2D eigenvalue weighted by Gasteiger charge is -2.13. The topological polar surface area (TPSA) is 15.3 Å². The van der Waals surface area contributed by atoms with Crippen LogP contribution in [-0.2, 0) is 0 Å². The summed E-state index contributed by atoms with van der Waals surface area (Å²) in [5, 5.41) is 4.14. The van der Waals surface area contributed by atoms with Gasteiger partial charge in [-0.1, -0.05) is 11.6 Å². The maximum Gasteiger partial charge on any atom is 0.0500 e. The molecule has 0 heterocycles. The minimum absolute atomic E-state index is 0.797. The van der Waals surface area contributed by atoms with Gasteiger partial charge in [-0.25, -0.2) is 0 Å². The van der Waals surface area contributed by atoms with Crippen LogP contribution in [-0.4, -0.2) is 32.1 Å². The van der Waals surface area contributed by atoms with Gasteiger partial charge in [-0.2, -0.15) is 0 Å². The molecule has 1 rings (SSSR count). The van der Waals surface area contributed by atoms with Crippen LogP contribution in [0.3, 0.4) is 0 Å². The Hall–Kier alpha value is -0.250. The fourth-order valence-electron chi connectivity index (χ4n) is 1.20. The summed E-state index contributed by atoms with van der Waals surface area (Å²) in [6.45, 7) is 3.90. The van der Waals surface area contributed by atoms with E-state index in [4.69, 9.17) is 11.6 Å². The second-order valence-corrected chi connectivity index (χ2v) is 5.07. The number of nitrogens with zero attached hydrogens (tertiary/aromatic N) is 1. The minimum atomic E-state index is 0.797. The van der Waals surface area contributed by atoms with Crippen LogP contribution in [0, 0.1) is 6.92 Å². The van der Waals surface area contributed by atoms with Gasteiger partial charge < -0.3 is 10.2 Å². The summed E-state index contributed by atoms with van der Waals surface area (Å²) in [5.74, 6) is 0. The monoisotopic (exact) mass is 290 g/mol. The summed E-state index contributed by atoms with van der Waals surface area (Å²) >= 11 is 9.57. The fraction of sp³-hybridized carbons (Fsp3) is 0.455. The third-order valence-corrected chi connectivity index (χ3v) is 3.19.